The van der Waals surface area contributed by atoms with Crippen molar-refractivity contribution in [3.63, 3.8) is 0 Å². The molecule has 1 unspecified atom stereocenters. The topological polar surface area (TPSA) is 46.3 Å². The molecule has 1 fully saturated rings. The van der Waals surface area contributed by atoms with Crippen molar-refractivity contribution >= 4 is 40.6 Å². The Bertz CT molecular complexity index is 470. The van der Waals surface area contributed by atoms with Crippen molar-refractivity contribution < 1.29 is 4.79 Å². The van der Waals surface area contributed by atoms with Gasteiger partial charge in [0.1, 0.15) is 4.99 Å². The van der Waals surface area contributed by atoms with Gasteiger partial charge in [0.15, 0.2) is 0 Å². The van der Waals surface area contributed by atoms with E-state index in [0.29, 0.717) is 4.99 Å². The summed E-state index contributed by atoms with van der Waals surface area (Å²) in [6.45, 7) is 0. The molecule has 18 heavy (non-hydrogen) atoms. The van der Waals surface area contributed by atoms with Crippen LogP contribution in [0.1, 0.15) is 18.4 Å². The van der Waals surface area contributed by atoms with E-state index >= 15 is 0 Å². The third kappa shape index (κ3) is 2.84. The van der Waals surface area contributed by atoms with Gasteiger partial charge >= 0.3 is 0 Å². The Morgan fingerprint density at radius 3 is 2.94 bits per heavy atom. The Morgan fingerprint density at radius 1 is 1.56 bits per heavy atom. The molecule has 1 saturated heterocycles. The molecule has 0 aliphatic carbocycles. The second-order valence-electron chi connectivity index (χ2n) is 4.31. The number of nitrogens with zero attached hydrogens (tertiary/aromatic N) is 1. The number of thiocarbonyl (C=S) groups is 1. The quantitative estimate of drug-likeness (QED) is 0.862. The molecule has 3 nitrogen and oxygen atoms in total. The van der Waals surface area contributed by atoms with Crippen molar-refractivity contribution in [2.45, 2.75) is 18.1 Å². The van der Waals surface area contributed by atoms with E-state index < -0.39 is 0 Å². The Balaban J connectivity index is 2.17. The summed E-state index contributed by atoms with van der Waals surface area (Å²) in [5.41, 5.74) is 7.24. The van der Waals surface area contributed by atoms with Gasteiger partial charge in [0.25, 0.3) is 0 Å². The SMILES string of the molecule is CN(C(=O)C1CCCS1)c1cccc(C(N)=S)c1. The highest BCUT2D eigenvalue weighted by molar-refractivity contribution is 8.00. The lowest BCUT2D eigenvalue weighted by atomic mass is 10.1. The summed E-state index contributed by atoms with van der Waals surface area (Å²) >= 11 is 6.69. The lowest BCUT2D eigenvalue weighted by Gasteiger charge is -2.21. The number of thioether (sulfide) groups is 1. The van der Waals surface area contributed by atoms with Crippen LogP contribution in [0.25, 0.3) is 0 Å². The molecule has 1 heterocycles. The van der Waals surface area contributed by atoms with Crippen LogP contribution in [0.15, 0.2) is 24.3 Å². The molecule has 0 aromatic heterocycles. The first-order valence-electron chi connectivity index (χ1n) is 5.88. The minimum atomic E-state index is 0.100. The van der Waals surface area contributed by atoms with Crippen molar-refractivity contribution in [2.75, 3.05) is 17.7 Å². The third-order valence-corrected chi connectivity index (χ3v) is 4.65. The van der Waals surface area contributed by atoms with E-state index in [1.165, 1.54) is 0 Å². The molecule has 1 amide bonds. The summed E-state index contributed by atoms with van der Waals surface area (Å²) < 4.78 is 0. The molecule has 2 rings (SSSR count). The molecule has 96 valence electrons. The molecule has 0 radical (unpaired) electrons. The monoisotopic (exact) mass is 280 g/mol. The van der Waals surface area contributed by atoms with Gasteiger partial charge in [0.2, 0.25) is 5.91 Å². The lowest BCUT2D eigenvalue weighted by molar-refractivity contribution is -0.117. The van der Waals surface area contributed by atoms with E-state index in [4.69, 9.17) is 18.0 Å². The van der Waals surface area contributed by atoms with Crippen molar-refractivity contribution in [3.05, 3.63) is 29.8 Å². The number of carbonyl (C=O) groups is 1. The normalized spacial score (nSPS) is 18.6. The van der Waals surface area contributed by atoms with Crippen molar-refractivity contribution in [3.8, 4) is 0 Å². The molecule has 5 heteroatoms. The van der Waals surface area contributed by atoms with Crippen molar-refractivity contribution in [2.24, 2.45) is 5.73 Å². The molecule has 1 aromatic rings. The predicted molar refractivity (Wildman–Crippen MR) is 81.2 cm³/mol. The number of carbonyl (C=O) groups excluding carboxylic acids is 1. The smallest absolute Gasteiger partial charge is 0.239 e. The van der Waals surface area contributed by atoms with E-state index in [9.17, 15) is 4.79 Å². The maximum atomic E-state index is 12.3. The van der Waals surface area contributed by atoms with E-state index in [-0.39, 0.29) is 11.2 Å². The highest BCUT2D eigenvalue weighted by Gasteiger charge is 2.26. The number of hydrogen-bond acceptors (Lipinski definition) is 3. The largest absolute Gasteiger partial charge is 0.389 e. The van der Waals surface area contributed by atoms with E-state index in [1.807, 2.05) is 24.3 Å². The van der Waals surface area contributed by atoms with Gasteiger partial charge in [-0.25, -0.2) is 0 Å². The molecule has 0 spiro atoms. The summed E-state index contributed by atoms with van der Waals surface area (Å²) in [6, 6.07) is 7.49. The highest BCUT2D eigenvalue weighted by atomic mass is 32.2. The van der Waals surface area contributed by atoms with Crippen molar-refractivity contribution in [1.29, 1.82) is 0 Å². The molecule has 1 atom stereocenters. The number of amides is 1. The molecule has 1 aliphatic heterocycles. The maximum Gasteiger partial charge on any atom is 0.239 e. The molecule has 1 aliphatic rings. The fourth-order valence-corrected chi connectivity index (χ4v) is 3.36. The summed E-state index contributed by atoms with van der Waals surface area (Å²) in [7, 11) is 1.81. The summed E-state index contributed by atoms with van der Waals surface area (Å²) in [4.78, 5) is 14.3. The first kappa shape index (κ1) is 13.4. The van der Waals surface area contributed by atoms with E-state index in [2.05, 4.69) is 0 Å². The number of benzene rings is 1. The zero-order chi connectivity index (χ0) is 13.1. The Kier molecular flexibility index (Phi) is 4.24. The van der Waals surface area contributed by atoms with Crippen LogP contribution in [0.5, 0.6) is 0 Å². The fourth-order valence-electron chi connectivity index (χ4n) is 1.98. The molecule has 0 bridgehead atoms. The van der Waals surface area contributed by atoms with Gasteiger partial charge in [-0.3, -0.25) is 4.79 Å². The molecule has 1 aromatic carbocycles. The number of hydrogen-bond donors (Lipinski definition) is 1. The Hall–Kier alpha value is -1.07. The summed E-state index contributed by atoms with van der Waals surface area (Å²) in [6.07, 6.45) is 2.10. The second-order valence-corrected chi connectivity index (χ2v) is 6.06. The first-order valence-corrected chi connectivity index (χ1v) is 7.34. The lowest BCUT2D eigenvalue weighted by Crippen LogP contribution is -2.33. The zero-order valence-electron chi connectivity index (χ0n) is 10.3. The molecule has 2 N–H and O–H groups in total. The highest BCUT2D eigenvalue weighted by Crippen LogP contribution is 2.29. The molecular formula is C13H16N2OS2. The average molecular weight is 280 g/mol. The standard InChI is InChI=1S/C13H16N2OS2/c1-15(13(16)11-6-3-7-18-11)10-5-2-4-9(8-10)12(14)17/h2,4-5,8,11H,3,6-7H2,1H3,(H2,14,17). The van der Waals surface area contributed by atoms with Crippen molar-refractivity contribution in [1.82, 2.24) is 0 Å². The number of nitrogens with two attached hydrogens (primary N) is 1. The van der Waals surface area contributed by atoms with Gasteiger partial charge in [-0.05, 0) is 30.7 Å². The van der Waals surface area contributed by atoms with Gasteiger partial charge in [-0.1, -0.05) is 24.4 Å². The minimum Gasteiger partial charge on any atom is -0.389 e. The van der Waals surface area contributed by atoms with Crippen LogP contribution in [0, 0.1) is 0 Å². The average Bonchev–Trinajstić information content (AvgIpc) is 2.91. The van der Waals surface area contributed by atoms with Crippen LogP contribution in [0.2, 0.25) is 0 Å². The van der Waals surface area contributed by atoms with Crippen LogP contribution < -0.4 is 10.6 Å². The Morgan fingerprint density at radius 2 is 2.33 bits per heavy atom. The van der Waals surface area contributed by atoms with Crippen LogP contribution in [-0.4, -0.2) is 28.9 Å². The van der Waals surface area contributed by atoms with Gasteiger partial charge in [0.05, 0.1) is 5.25 Å². The van der Waals surface area contributed by atoms with Crippen LogP contribution in [-0.2, 0) is 4.79 Å². The summed E-state index contributed by atoms with van der Waals surface area (Å²) in [5, 5.41) is 0.100. The van der Waals surface area contributed by atoms with Gasteiger partial charge in [-0.2, -0.15) is 0 Å². The summed E-state index contributed by atoms with van der Waals surface area (Å²) in [5.74, 6) is 1.24. The Labute approximate surface area is 117 Å². The number of rotatable bonds is 3. The van der Waals surface area contributed by atoms with Crippen LogP contribution >= 0.6 is 24.0 Å². The van der Waals surface area contributed by atoms with Gasteiger partial charge in [-0.15, -0.1) is 11.8 Å². The first-order chi connectivity index (χ1) is 8.59. The third-order valence-electron chi connectivity index (χ3n) is 3.05. The van der Waals surface area contributed by atoms with E-state index in [0.717, 1.165) is 29.8 Å². The van der Waals surface area contributed by atoms with Gasteiger partial charge < -0.3 is 10.6 Å². The predicted octanol–water partition coefficient (Wildman–Crippen LogP) is 2.18. The zero-order valence-corrected chi connectivity index (χ0v) is 11.9. The minimum absolute atomic E-state index is 0.100. The second kappa shape index (κ2) is 5.71. The van der Waals surface area contributed by atoms with Crippen LogP contribution in [0.3, 0.4) is 0 Å². The molecule has 0 saturated carbocycles. The maximum absolute atomic E-state index is 12.3. The van der Waals surface area contributed by atoms with Crippen LogP contribution in [0.4, 0.5) is 5.69 Å². The number of anilines is 1. The fraction of sp³-hybridized carbons (Fsp3) is 0.385. The molecular weight excluding hydrogens is 264 g/mol. The van der Waals surface area contributed by atoms with Gasteiger partial charge in [0, 0.05) is 18.3 Å². The van der Waals surface area contributed by atoms with E-state index in [1.54, 1.807) is 23.7 Å².